The van der Waals surface area contributed by atoms with E-state index in [1.807, 2.05) is 14.0 Å². The van der Waals surface area contributed by atoms with Gasteiger partial charge in [0.05, 0.1) is 19.2 Å². The zero-order valence-corrected chi connectivity index (χ0v) is 21.6. The van der Waals surface area contributed by atoms with E-state index in [4.69, 9.17) is 4.74 Å². The van der Waals surface area contributed by atoms with Crippen LogP contribution in [0.4, 0.5) is 0 Å². The van der Waals surface area contributed by atoms with Gasteiger partial charge in [0.2, 0.25) is 11.8 Å². The Labute approximate surface area is 208 Å². The van der Waals surface area contributed by atoms with Crippen LogP contribution in [-0.2, 0) is 4.79 Å². The number of likely N-dealkylation sites (N-methyl/N-ethyl adjacent to an activating group) is 1. The van der Waals surface area contributed by atoms with Gasteiger partial charge in [-0.3, -0.25) is 9.59 Å². The van der Waals surface area contributed by atoms with Crippen LogP contribution in [0.5, 0.6) is 5.88 Å². The molecule has 0 bridgehead atoms. The van der Waals surface area contributed by atoms with Gasteiger partial charge in [0.1, 0.15) is 17.3 Å². The highest BCUT2D eigenvalue weighted by Gasteiger charge is 2.35. The van der Waals surface area contributed by atoms with Gasteiger partial charge in [-0.25, -0.2) is 4.98 Å². The highest BCUT2D eigenvalue weighted by Crippen LogP contribution is 2.29. The topological polar surface area (TPSA) is 103 Å². The van der Waals surface area contributed by atoms with Crippen molar-refractivity contribution >= 4 is 11.8 Å². The van der Waals surface area contributed by atoms with E-state index in [-0.39, 0.29) is 47.8 Å². The first-order chi connectivity index (χ1) is 16.5. The monoisotopic (exact) mass is 485 g/mol. The Bertz CT molecular complexity index is 971. The standard InChI is InChI=1S/C27H39N3O5/c1-18-15-30(19(2)17-31)26(33)22-13-20(11-12-27(3,4)34)14-28-24(22)35-23(18)16-29(5)25(32)21-9-7-6-8-10-21/h13-14,18-19,21,23,31,34H,6-10,15-17H2,1-5H3/t18-,19+,23-/m0/s1. The maximum absolute atomic E-state index is 13.5. The summed E-state index contributed by atoms with van der Waals surface area (Å²) in [6.45, 7) is 7.52. The van der Waals surface area contributed by atoms with Gasteiger partial charge in [-0.05, 0) is 39.7 Å². The van der Waals surface area contributed by atoms with Crippen LogP contribution in [0.3, 0.4) is 0 Å². The zero-order valence-electron chi connectivity index (χ0n) is 21.6. The lowest BCUT2D eigenvalue weighted by atomic mass is 9.88. The van der Waals surface area contributed by atoms with E-state index < -0.39 is 11.6 Å². The molecule has 1 aromatic heterocycles. The number of rotatable bonds is 5. The molecule has 1 saturated carbocycles. The minimum absolute atomic E-state index is 0.0624. The van der Waals surface area contributed by atoms with E-state index in [1.165, 1.54) is 12.6 Å². The van der Waals surface area contributed by atoms with Crippen molar-refractivity contribution < 1.29 is 24.5 Å². The third-order valence-corrected chi connectivity index (χ3v) is 6.82. The van der Waals surface area contributed by atoms with Crippen LogP contribution < -0.4 is 4.74 Å². The van der Waals surface area contributed by atoms with Crippen molar-refractivity contribution in [1.29, 1.82) is 0 Å². The van der Waals surface area contributed by atoms with Crippen molar-refractivity contribution in [2.75, 3.05) is 26.7 Å². The number of fused-ring (bicyclic) bond motifs is 1. The lowest BCUT2D eigenvalue weighted by Crippen LogP contribution is -2.51. The number of nitrogens with zero attached hydrogens (tertiary/aromatic N) is 3. The molecule has 192 valence electrons. The number of hydrogen-bond acceptors (Lipinski definition) is 6. The van der Waals surface area contributed by atoms with Gasteiger partial charge in [-0.1, -0.05) is 38.0 Å². The van der Waals surface area contributed by atoms with Crippen LogP contribution in [0.15, 0.2) is 12.3 Å². The number of aliphatic hydroxyl groups excluding tert-OH is 1. The molecule has 2 amide bonds. The zero-order chi connectivity index (χ0) is 25.8. The summed E-state index contributed by atoms with van der Waals surface area (Å²) in [6.07, 6.45) is 6.37. The Kier molecular flexibility index (Phi) is 8.79. The van der Waals surface area contributed by atoms with E-state index in [0.29, 0.717) is 18.7 Å². The van der Waals surface area contributed by atoms with Gasteiger partial charge in [0, 0.05) is 37.2 Å². The molecule has 2 aliphatic rings. The largest absolute Gasteiger partial charge is 0.472 e. The Morgan fingerprint density at radius 1 is 1.34 bits per heavy atom. The molecule has 1 aliphatic heterocycles. The minimum Gasteiger partial charge on any atom is -0.472 e. The fourth-order valence-corrected chi connectivity index (χ4v) is 4.63. The lowest BCUT2D eigenvalue weighted by Gasteiger charge is -2.38. The van der Waals surface area contributed by atoms with Crippen molar-refractivity contribution in [2.45, 2.75) is 77.5 Å². The van der Waals surface area contributed by atoms with Crippen LogP contribution in [0.2, 0.25) is 0 Å². The molecule has 0 aromatic carbocycles. The first-order valence-corrected chi connectivity index (χ1v) is 12.6. The van der Waals surface area contributed by atoms with Crippen LogP contribution in [-0.4, -0.2) is 81.3 Å². The van der Waals surface area contributed by atoms with E-state index in [9.17, 15) is 19.8 Å². The highest BCUT2D eigenvalue weighted by molar-refractivity contribution is 5.97. The van der Waals surface area contributed by atoms with E-state index in [2.05, 4.69) is 16.8 Å². The molecule has 0 spiro atoms. The number of hydrogen-bond donors (Lipinski definition) is 2. The van der Waals surface area contributed by atoms with E-state index in [0.717, 1.165) is 25.7 Å². The molecule has 0 unspecified atom stereocenters. The van der Waals surface area contributed by atoms with Crippen molar-refractivity contribution in [2.24, 2.45) is 11.8 Å². The molecule has 2 N–H and O–H groups in total. The second-order valence-corrected chi connectivity index (χ2v) is 10.6. The van der Waals surface area contributed by atoms with Crippen molar-refractivity contribution in [1.82, 2.24) is 14.8 Å². The van der Waals surface area contributed by atoms with E-state index in [1.54, 1.807) is 36.6 Å². The Hall–Kier alpha value is -2.63. The van der Waals surface area contributed by atoms with Gasteiger partial charge in [-0.15, -0.1) is 0 Å². The summed E-state index contributed by atoms with van der Waals surface area (Å²) in [7, 11) is 1.81. The maximum atomic E-state index is 13.5. The van der Waals surface area contributed by atoms with Gasteiger partial charge in [-0.2, -0.15) is 0 Å². The summed E-state index contributed by atoms with van der Waals surface area (Å²) >= 11 is 0. The molecule has 2 heterocycles. The number of pyridine rings is 1. The molecule has 8 heteroatoms. The number of aromatic nitrogens is 1. The van der Waals surface area contributed by atoms with Crippen molar-refractivity contribution in [3.8, 4) is 17.7 Å². The average molecular weight is 486 g/mol. The van der Waals surface area contributed by atoms with Crippen molar-refractivity contribution in [3.63, 3.8) is 0 Å². The number of carbonyl (C=O) groups excluding carboxylic acids is 2. The Morgan fingerprint density at radius 2 is 2.03 bits per heavy atom. The predicted molar refractivity (Wildman–Crippen MR) is 133 cm³/mol. The number of ether oxygens (including phenoxy) is 1. The SMILES string of the molecule is C[C@H](CO)N1C[C@H](C)[C@H](CN(C)C(=O)C2CCCCC2)Oc2ncc(C#CC(C)(C)O)cc2C1=O. The number of carbonyl (C=O) groups is 2. The summed E-state index contributed by atoms with van der Waals surface area (Å²) in [5.41, 5.74) is -0.446. The molecule has 3 rings (SSSR count). The fourth-order valence-electron chi connectivity index (χ4n) is 4.63. The lowest BCUT2D eigenvalue weighted by molar-refractivity contribution is -0.136. The molecular weight excluding hydrogens is 446 g/mol. The van der Waals surface area contributed by atoms with Crippen molar-refractivity contribution in [3.05, 3.63) is 23.4 Å². The molecule has 1 aromatic rings. The molecule has 0 radical (unpaired) electrons. The van der Waals surface area contributed by atoms with Gasteiger partial charge >= 0.3 is 0 Å². The average Bonchev–Trinajstić information content (AvgIpc) is 2.84. The Balaban J connectivity index is 1.91. The molecule has 1 aliphatic carbocycles. The second-order valence-electron chi connectivity index (χ2n) is 10.6. The predicted octanol–water partition coefficient (Wildman–Crippen LogP) is 2.46. The summed E-state index contributed by atoms with van der Waals surface area (Å²) in [5.74, 6) is 5.60. The second kappa shape index (κ2) is 11.4. The molecule has 8 nitrogen and oxygen atoms in total. The molecule has 0 saturated heterocycles. The smallest absolute Gasteiger partial charge is 0.259 e. The molecule has 1 fully saturated rings. The van der Waals surface area contributed by atoms with E-state index >= 15 is 0 Å². The van der Waals surface area contributed by atoms with Crippen LogP contribution >= 0.6 is 0 Å². The fraction of sp³-hybridized carbons (Fsp3) is 0.667. The van der Waals surface area contributed by atoms with Gasteiger partial charge in [0.15, 0.2) is 0 Å². The molecule has 35 heavy (non-hydrogen) atoms. The van der Waals surface area contributed by atoms with Crippen LogP contribution in [0, 0.1) is 23.7 Å². The maximum Gasteiger partial charge on any atom is 0.259 e. The van der Waals surface area contributed by atoms with Crippen LogP contribution in [0.25, 0.3) is 0 Å². The summed E-state index contributed by atoms with van der Waals surface area (Å²) in [5, 5.41) is 19.7. The number of amides is 2. The normalized spacial score (nSPS) is 22.1. The minimum atomic E-state index is -1.18. The summed E-state index contributed by atoms with van der Waals surface area (Å²) < 4.78 is 6.28. The first kappa shape index (κ1) is 27.0. The first-order valence-electron chi connectivity index (χ1n) is 12.6. The molecule has 3 atom stereocenters. The van der Waals surface area contributed by atoms with Crippen LogP contribution in [0.1, 0.15) is 75.7 Å². The quantitative estimate of drug-likeness (QED) is 0.621. The summed E-state index contributed by atoms with van der Waals surface area (Å²) in [4.78, 5) is 34.3. The molecular formula is C27H39N3O5. The Morgan fingerprint density at radius 3 is 2.66 bits per heavy atom. The third kappa shape index (κ3) is 6.96. The van der Waals surface area contributed by atoms with Gasteiger partial charge in [0.25, 0.3) is 5.91 Å². The summed E-state index contributed by atoms with van der Waals surface area (Å²) in [6, 6.07) is 1.22. The highest BCUT2D eigenvalue weighted by atomic mass is 16.5. The number of aliphatic hydroxyl groups is 2. The van der Waals surface area contributed by atoms with Gasteiger partial charge < -0.3 is 24.7 Å². The third-order valence-electron chi connectivity index (χ3n) is 6.82.